The molecule has 0 aliphatic carbocycles. The number of hydrogen-bond acceptors (Lipinski definition) is 7. The number of rotatable bonds is 5. The molecule has 0 saturated carbocycles. The van der Waals surface area contributed by atoms with Crippen LogP contribution in [0.25, 0.3) is 0 Å². The standard InChI is InChI=1S/C12H9F3N4O4S/c1-6-10(24-5-17-6)4-16-11-8(18(20)21)2-7(12(13,14)15)3-9(11)19(22)23/h2-3,5,16H,4H2,1H3. The fourth-order valence-corrected chi connectivity index (χ4v) is 2.63. The summed E-state index contributed by atoms with van der Waals surface area (Å²) in [5.41, 5.74) is -1.93. The summed E-state index contributed by atoms with van der Waals surface area (Å²) >= 11 is 1.21. The van der Waals surface area contributed by atoms with Crippen molar-refractivity contribution in [1.82, 2.24) is 4.98 Å². The van der Waals surface area contributed by atoms with Gasteiger partial charge in [0, 0.05) is 17.0 Å². The van der Waals surface area contributed by atoms with Crippen molar-refractivity contribution in [3.8, 4) is 0 Å². The predicted molar refractivity (Wildman–Crippen MR) is 78.9 cm³/mol. The van der Waals surface area contributed by atoms with Crippen molar-refractivity contribution in [3.63, 3.8) is 0 Å². The van der Waals surface area contributed by atoms with E-state index < -0.39 is 38.6 Å². The smallest absolute Gasteiger partial charge is 0.369 e. The fraction of sp³-hybridized carbons (Fsp3) is 0.250. The molecule has 0 atom stereocenters. The minimum absolute atomic E-state index is 0.0382. The van der Waals surface area contributed by atoms with E-state index in [0.29, 0.717) is 10.6 Å². The highest BCUT2D eigenvalue weighted by molar-refractivity contribution is 7.09. The van der Waals surface area contributed by atoms with Crippen LogP contribution in [0, 0.1) is 27.2 Å². The lowest BCUT2D eigenvalue weighted by atomic mass is 10.1. The number of nitrogens with zero attached hydrogens (tertiary/aromatic N) is 3. The first-order valence-corrected chi connectivity index (χ1v) is 7.16. The summed E-state index contributed by atoms with van der Waals surface area (Å²) in [6.07, 6.45) is -4.94. The Hall–Kier alpha value is -2.76. The van der Waals surface area contributed by atoms with Crippen molar-refractivity contribution >= 4 is 28.4 Å². The lowest BCUT2D eigenvalue weighted by molar-refractivity contribution is -0.392. The molecule has 0 bridgehead atoms. The SMILES string of the molecule is Cc1ncsc1CNc1c([N+](=O)[O-])cc(C(F)(F)F)cc1[N+](=O)[O-]. The van der Waals surface area contributed by atoms with Crippen LogP contribution in [0.1, 0.15) is 16.1 Å². The molecule has 1 heterocycles. The van der Waals surface area contributed by atoms with E-state index in [1.54, 1.807) is 6.92 Å². The molecule has 0 amide bonds. The first-order valence-electron chi connectivity index (χ1n) is 6.28. The van der Waals surface area contributed by atoms with Crippen LogP contribution < -0.4 is 5.32 Å². The lowest BCUT2D eigenvalue weighted by Gasteiger charge is -2.11. The quantitative estimate of drug-likeness (QED) is 0.638. The second-order valence-corrected chi connectivity index (χ2v) is 5.56. The summed E-state index contributed by atoms with van der Waals surface area (Å²) in [6.45, 7) is 1.63. The first kappa shape index (κ1) is 17.6. The summed E-state index contributed by atoms with van der Waals surface area (Å²) in [4.78, 5) is 24.6. The molecule has 0 aliphatic rings. The van der Waals surface area contributed by atoms with Crippen molar-refractivity contribution in [3.05, 3.63) is 54.0 Å². The Kier molecular flexibility index (Phi) is 4.68. The molecule has 2 rings (SSSR count). The van der Waals surface area contributed by atoms with Crippen LogP contribution in [0.15, 0.2) is 17.6 Å². The number of benzene rings is 1. The molecule has 0 fully saturated rings. The zero-order valence-electron chi connectivity index (χ0n) is 12.0. The third-order valence-electron chi connectivity index (χ3n) is 3.09. The number of nitro benzene ring substituents is 2. The van der Waals surface area contributed by atoms with Crippen LogP contribution in [0.4, 0.5) is 30.2 Å². The number of nitro groups is 2. The Bertz CT molecular complexity index is 771. The van der Waals surface area contributed by atoms with Crippen LogP contribution in [0.5, 0.6) is 0 Å². The van der Waals surface area contributed by atoms with E-state index in [4.69, 9.17) is 0 Å². The van der Waals surface area contributed by atoms with Gasteiger partial charge in [-0.15, -0.1) is 11.3 Å². The molecule has 1 aromatic heterocycles. The highest BCUT2D eigenvalue weighted by Gasteiger charge is 2.37. The third kappa shape index (κ3) is 3.59. The number of aromatic nitrogens is 1. The third-order valence-corrected chi connectivity index (χ3v) is 4.02. The molecule has 12 heteroatoms. The topological polar surface area (TPSA) is 111 Å². The number of hydrogen-bond donors (Lipinski definition) is 1. The zero-order chi connectivity index (χ0) is 18.1. The van der Waals surface area contributed by atoms with Crippen molar-refractivity contribution in [2.24, 2.45) is 0 Å². The monoisotopic (exact) mass is 362 g/mol. The molecule has 2 aromatic rings. The van der Waals surface area contributed by atoms with E-state index in [9.17, 15) is 33.4 Å². The van der Waals surface area contributed by atoms with Gasteiger partial charge < -0.3 is 5.32 Å². The van der Waals surface area contributed by atoms with E-state index in [0.717, 1.165) is 0 Å². The summed E-state index contributed by atoms with van der Waals surface area (Å²) in [5.74, 6) is 0. The summed E-state index contributed by atoms with van der Waals surface area (Å²) in [5, 5.41) is 24.6. The Morgan fingerprint density at radius 1 is 1.21 bits per heavy atom. The minimum atomic E-state index is -4.94. The Balaban J connectivity index is 2.53. The zero-order valence-corrected chi connectivity index (χ0v) is 12.8. The number of halogens is 3. The second kappa shape index (κ2) is 6.39. The molecule has 8 nitrogen and oxygen atoms in total. The van der Waals surface area contributed by atoms with Crippen LogP contribution in [0.3, 0.4) is 0 Å². The van der Waals surface area contributed by atoms with E-state index in [-0.39, 0.29) is 18.7 Å². The molecule has 128 valence electrons. The largest absolute Gasteiger partial charge is 0.416 e. The van der Waals surface area contributed by atoms with E-state index in [1.807, 2.05) is 0 Å². The maximum Gasteiger partial charge on any atom is 0.416 e. The van der Waals surface area contributed by atoms with Gasteiger partial charge in [-0.1, -0.05) is 0 Å². The molecule has 24 heavy (non-hydrogen) atoms. The van der Waals surface area contributed by atoms with Gasteiger partial charge in [-0.25, -0.2) is 4.98 Å². The van der Waals surface area contributed by atoms with Gasteiger partial charge in [-0.3, -0.25) is 20.2 Å². The fourth-order valence-electron chi connectivity index (χ4n) is 1.91. The van der Waals surface area contributed by atoms with E-state index in [1.165, 1.54) is 16.8 Å². The highest BCUT2D eigenvalue weighted by atomic mass is 32.1. The minimum Gasteiger partial charge on any atom is -0.369 e. The molecule has 0 spiro atoms. The highest BCUT2D eigenvalue weighted by Crippen LogP contribution is 2.41. The number of nitrogens with one attached hydrogen (secondary N) is 1. The van der Waals surface area contributed by atoms with Crippen molar-refractivity contribution in [2.45, 2.75) is 19.6 Å². The second-order valence-electron chi connectivity index (χ2n) is 4.62. The van der Waals surface area contributed by atoms with E-state index >= 15 is 0 Å². The molecular formula is C12H9F3N4O4S. The molecule has 1 aromatic carbocycles. The van der Waals surface area contributed by atoms with Crippen molar-refractivity contribution in [2.75, 3.05) is 5.32 Å². The lowest BCUT2D eigenvalue weighted by Crippen LogP contribution is -2.10. The molecule has 0 aliphatic heterocycles. The van der Waals surface area contributed by atoms with Gasteiger partial charge in [-0.05, 0) is 6.92 Å². The van der Waals surface area contributed by atoms with E-state index in [2.05, 4.69) is 10.3 Å². The average molecular weight is 362 g/mol. The normalized spacial score (nSPS) is 11.3. The number of alkyl halides is 3. The van der Waals surface area contributed by atoms with Gasteiger partial charge in [0.25, 0.3) is 11.4 Å². The molecule has 0 saturated heterocycles. The maximum absolute atomic E-state index is 12.8. The molecule has 1 N–H and O–H groups in total. The summed E-state index contributed by atoms with van der Waals surface area (Å²) in [7, 11) is 0. The van der Waals surface area contributed by atoms with Gasteiger partial charge in [0.1, 0.15) is 0 Å². The number of aryl methyl sites for hydroxylation is 1. The summed E-state index contributed by atoms with van der Waals surface area (Å²) < 4.78 is 38.4. The van der Waals surface area contributed by atoms with Crippen molar-refractivity contribution in [1.29, 1.82) is 0 Å². The van der Waals surface area contributed by atoms with Crippen molar-refractivity contribution < 1.29 is 23.0 Å². The van der Waals surface area contributed by atoms with Gasteiger partial charge in [0.15, 0.2) is 5.69 Å². The average Bonchev–Trinajstić information content (AvgIpc) is 2.88. The van der Waals surface area contributed by atoms with Gasteiger partial charge in [0.2, 0.25) is 0 Å². The Labute approximate surface area is 136 Å². The first-order chi connectivity index (χ1) is 11.1. The number of thiazole rings is 1. The molecule has 0 unspecified atom stereocenters. The van der Waals surface area contributed by atoms with Gasteiger partial charge in [0.05, 0.1) is 33.2 Å². The summed E-state index contributed by atoms with van der Waals surface area (Å²) in [6, 6.07) is 0.545. The Morgan fingerprint density at radius 2 is 1.75 bits per heavy atom. The number of anilines is 1. The van der Waals surface area contributed by atoms with Crippen LogP contribution in [-0.2, 0) is 12.7 Å². The van der Waals surface area contributed by atoms with Crippen LogP contribution in [0.2, 0.25) is 0 Å². The van der Waals surface area contributed by atoms with Gasteiger partial charge in [-0.2, -0.15) is 13.2 Å². The predicted octanol–water partition coefficient (Wildman–Crippen LogP) is 3.90. The van der Waals surface area contributed by atoms with Gasteiger partial charge >= 0.3 is 6.18 Å². The Morgan fingerprint density at radius 3 is 2.12 bits per heavy atom. The molecular weight excluding hydrogens is 353 g/mol. The van der Waals surface area contributed by atoms with Crippen LogP contribution >= 0.6 is 11.3 Å². The van der Waals surface area contributed by atoms with Crippen LogP contribution in [-0.4, -0.2) is 14.8 Å². The molecule has 0 radical (unpaired) electrons. The maximum atomic E-state index is 12.8.